The molecule has 2 atom stereocenters. The molecule has 0 aromatic heterocycles. The Hall–Kier alpha value is -0.730. The van der Waals surface area contributed by atoms with Crippen LogP contribution in [0.1, 0.15) is 37.2 Å². The number of aliphatic hydroxyl groups excluding tert-OH is 1. The first kappa shape index (κ1) is 11.4. The zero-order valence-corrected chi connectivity index (χ0v) is 10.7. The zero-order chi connectivity index (χ0) is 11.7. The van der Waals surface area contributed by atoms with E-state index in [0.29, 0.717) is 5.92 Å². The van der Waals surface area contributed by atoms with E-state index in [1.807, 2.05) is 11.8 Å². The van der Waals surface area contributed by atoms with E-state index in [2.05, 4.69) is 30.3 Å². The SMILES string of the molecule is OC1C=C(CC2CSc3ccccc32)CCC1. The van der Waals surface area contributed by atoms with Crippen LogP contribution in [-0.2, 0) is 0 Å². The zero-order valence-electron chi connectivity index (χ0n) is 9.93. The summed E-state index contributed by atoms with van der Waals surface area (Å²) in [4.78, 5) is 1.45. The number of aliphatic hydroxyl groups is 1. The molecular formula is C15H18OS. The lowest BCUT2D eigenvalue weighted by Crippen LogP contribution is -2.10. The van der Waals surface area contributed by atoms with Gasteiger partial charge in [0, 0.05) is 10.6 Å². The fourth-order valence-electron chi connectivity index (χ4n) is 2.86. The van der Waals surface area contributed by atoms with Crippen LogP contribution >= 0.6 is 11.8 Å². The molecule has 1 heterocycles. The van der Waals surface area contributed by atoms with Crippen molar-refractivity contribution in [3.8, 4) is 0 Å². The van der Waals surface area contributed by atoms with E-state index >= 15 is 0 Å². The first-order chi connectivity index (χ1) is 8.33. The van der Waals surface area contributed by atoms with E-state index in [-0.39, 0.29) is 6.10 Å². The van der Waals surface area contributed by atoms with Gasteiger partial charge in [-0.2, -0.15) is 0 Å². The summed E-state index contributed by atoms with van der Waals surface area (Å²) in [5.74, 6) is 1.86. The minimum atomic E-state index is -0.192. The molecular weight excluding hydrogens is 228 g/mol. The average molecular weight is 246 g/mol. The number of hydrogen-bond acceptors (Lipinski definition) is 2. The fraction of sp³-hybridized carbons (Fsp3) is 0.467. The molecule has 0 fully saturated rings. The molecule has 1 aromatic carbocycles. The number of allylic oxidation sites excluding steroid dienone is 1. The Morgan fingerprint density at radius 3 is 3.06 bits per heavy atom. The summed E-state index contributed by atoms with van der Waals surface area (Å²) in [6.07, 6.45) is 6.31. The molecule has 17 heavy (non-hydrogen) atoms. The third-order valence-corrected chi connectivity index (χ3v) is 4.99. The van der Waals surface area contributed by atoms with E-state index in [0.717, 1.165) is 19.3 Å². The quantitative estimate of drug-likeness (QED) is 0.802. The smallest absolute Gasteiger partial charge is 0.0723 e. The van der Waals surface area contributed by atoms with Gasteiger partial charge in [0.25, 0.3) is 0 Å². The van der Waals surface area contributed by atoms with Crippen molar-refractivity contribution in [3.05, 3.63) is 41.5 Å². The molecule has 2 unspecified atom stereocenters. The van der Waals surface area contributed by atoms with Crippen molar-refractivity contribution in [1.82, 2.24) is 0 Å². The van der Waals surface area contributed by atoms with Gasteiger partial charge in [-0.25, -0.2) is 0 Å². The molecule has 2 heteroatoms. The Labute approximate surface area is 107 Å². The van der Waals surface area contributed by atoms with Crippen LogP contribution in [0.3, 0.4) is 0 Å². The van der Waals surface area contributed by atoms with Crippen LogP contribution in [0, 0.1) is 0 Å². The average Bonchev–Trinajstić information content (AvgIpc) is 2.73. The van der Waals surface area contributed by atoms with E-state index in [4.69, 9.17) is 0 Å². The van der Waals surface area contributed by atoms with Crippen molar-refractivity contribution < 1.29 is 5.11 Å². The lowest BCUT2D eigenvalue weighted by molar-refractivity contribution is 0.201. The van der Waals surface area contributed by atoms with Crippen LogP contribution in [0.4, 0.5) is 0 Å². The molecule has 3 rings (SSSR count). The first-order valence-electron chi connectivity index (χ1n) is 6.42. The third-order valence-electron chi connectivity index (χ3n) is 3.73. The van der Waals surface area contributed by atoms with Crippen LogP contribution in [0.5, 0.6) is 0 Å². The highest BCUT2D eigenvalue weighted by Crippen LogP contribution is 2.43. The molecule has 0 spiro atoms. The molecule has 0 amide bonds. The maximum absolute atomic E-state index is 9.67. The summed E-state index contributed by atoms with van der Waals surface area (Å²) in [6.45, 7) is 0. The highest BCUT2D eigenvalue weighted by molar-refractivity contribution is 7.99. The number of hydrogen-bond donors (Lipinski definition) is 1. The van der Waals surface area contributed by atoms with Crippen LogP contribution in [-0.4, -0.2) is 17.0 Å². The summed E-state index contributed by atoms with van der Waals surface area (Å²) < 4.78 is 0. The summed E-state index contributed by atoms with van der Waals surface area (Å²) in [5, 5.41) is 9.67. The Morgan fingerprint density at radius 1 is 1.29 bits per heavy atom. The molecule has 1 aliphatic heterocycles. The fourth-order valence-corrected chi connectivity index (χ4v) is 4.12. The Bertz CT molecular complexity index is 438. The lowest BCUT2D eigenvalue weighted by Gasteiger charge is -2.20. The Balaban J connectivity index is 1.75. The summed E-state index contributed by atoms with van der Waals surface area (Å²) in [6, 6.07) is 8.75. The molecule has 90 valence electrons. The Kier molecular flexibility index (Phi) is 3.26. The second kappa shape index (κ2) is 4.87. The van der Waals surface area contributed by atoms with Gasteiger partial charge < -0.3 is 5.11 Å². The van der Waals surface area contributed by atoms with Gasteiger partial charge in [0.1, 0.15) is 0 Å². The van der Waals surface area contributed by atoms with E-state index < -0.39 is 0 Å². The molecule has 0 bridgehead atoms. The summed E-state index contributed by atoms with van der Waals surface area (Å²) in [7, 11) is 0. The molecule has 1 aromatic rings. The van der Waals surface area contributed by atoms with Crippen LogP contribution in [0.25, 0.3) is 0 Å². The van der Waals surface area contributed by atoms with Crippen LogP contribution in [0.15, 0.2) is 40.8 Å². The van der Waals surface area contributed by atoms with Gasteiger partial charge in [-0.1, -0.05) is 29.8 Å². The largest absolute Gasteiger partial charge is 0.389 e. The Morgan fingerprint density at radius 2 is 2.18 bits per heavy atom. The number of fused-ring (bicyclic) bond motifs is 1. The molecule has 0 saturated carbocycles. The maximum atomic E-state index is 9.67. The predicted octanol–water partition coefficient (Wildman–Crippen LogP) is 3.74. The van der Waals surface area contributed by atoms with Crippen molar-refractivity contribution in [2.45, 2.75) is 42.6 Å². The topological polar surface area (TPSA) is 20.2 Å². The highest BCUT2D eigenvalue weighted by Gasteiger charge is 2.24. The van der Waals surface area contributed by atoms with Crippen molar-refractivity contribution in [3.63, 3.8) is 0 Å². The summed E-state index contributed by atoms with van der Waals surface area (Å²) in [5.41, 5.74) is 2.98. The minimum Gasteiger partial charge on any atom is -0.389 e. The monoisotopic (exact) mass is 246 g/mol. The molecule has 1 nitrogen and oxygen atoms in total. The highest BCUT2D eigenvalue weighted by atomic mass is 32.2. The maximum Gasteiger partial charge on any atom is 0.0723 e. The van der Waals surface area contributed by atoms with E-state index in [1.165, 1.54) is 28.2 Å². The number of rotatable bonds is 2. The molecule has 1 N–H and O–H groups in total. The van der Waals surface area contributed by atoms with Gasteiger partial charge in [0.05, 0.1) is 6.10 Å². The van der Waals surface area contributed by atoms with Crippen molar-refractivity contribution >= 4 is 11.8 Å². The predicted molar refractivity (Wildman–Crippen MR) is 72.5 cm³/mol. The first-order valence-corrected chi connectivity index (χ1v) is 7.41. The minimum absolute atomic E-state index is 0.192. The van der Waals surface area contributed by atoms with Crippen LogP contribution < -0.4 is 0 Å². The number of benzene rings is 1. The van der Waals surface area contributed by atoms with Crippen molar-refractivity contribution in [2.75, 3.05) is 5.75 Å². The van der Waals surface area contributed by atoms with E-state index in [1.54, 1.807) is 0 Å². The molecule has 0 saturated heterocycles. The molecule has 1 aliphatic carbocycles. The van der Waals surface area contributed by atoms with Gasteiger partial charge in [0.2, 0.25) is 0 Å². The van der Waals surface area contributed by atoms with Gasteiger partial charge in [-0.3, -0.25) is 0 Å². The lowest BCUT2D eigenvalue weighted by atomic mass is 9.88. The summed E-state index contributed by atoms with van der Waals surface area (Å²) >= 11 is 1.98. The van der Waals surface area contributed by atoms with Gasteiger partial charge >= 0.3 is 0 Å². The van der Waals surface area contributed by atoms with Gasteiger partial charge in [0.15, 0.2) is 0 Å². The number of thioether (sulfide) groups is 1. The van der Waals surface area contributed by atoms with Crippen molar-refractivity contribution in [2.24, 2.45) is 0 Å². The van der Waals surface area contributed by atoms with E-state index in [9.17, 15) is 5.11 Å². The van der Waals surface area contributed by atoms with Gasteiger partial charge in [-0.05, 0) is 43.2 Å². The third kappa shape index (κ3) is 2.43. The van der Waals surface area contributed by atoms with Crippen LogP contribution in [0.2, 0.25) is 0 Å². The second-order valence-electron chi connectivity index (χ2n) is 5.03. The van der Waals surface area contributed by atoms with Gasteiger partial charge in [-0.15, -0.1) is 11.8 Å². The standard InChI is InChI=1S/C15H18OS/c16-13-5-3-4-11(9-13)8-12-10-17-15-7-2-1-6-14(12)15/h1-2,6-7,9,12-13,16H,3-5,8,10H2. The van der Waals surface area contributed by atoms with Crippen molar-refractivity contribution in [1.29, 1.82) is 0 Å². The normalized spacial score (nSPS) is 27.7. The molecule has 0 radical (unpaired) electrons. The molecule has 2 aliphatic rings. The second-order valence-corrected chi connectivity index (χ2v) is 6.10.